The van der Waals surface area contributed by atoms with Gasteiger partial charge in [-0.1, -0.05) is 37.3 Å². The lowest BCUT2D eigenvalue weighted by atomic mass is 10.1. The number of halogens is 4. The van der Waals surface area contributed by atoms with Crippen LogP contribution in [0, 0.1) is 12.7 Å². The van der Waals surface area contributed by atoms with E-state index in [1.807, 2.05) is 38.1 Å². The number of anilines is 2. The molecule has 36 heavy (non-hydrogen) atoms. The Hall–Kier alpha value is -4.34. The summed E-state index contributed by atoms with van der Waals surface area (Å²) in [5.41, 5.74) is 1.34. The first-order chi connectivity index (χ1) is 17.2. The smallest absolute Gasteiger partial charge is 0.416 e. The van der Waals surface area contributed by atoms with E-state index in [0.29, 0.717) is 18.0 Å². The fraction of sp³-hybridized carbons (Fsp3) is 0.154. The molecule has 0 spiro atoms. The van der Waals surface area contributed by atoms with Crippen molar-refractivity contribution in [1.82, 2.24) is 9.78 Å². The van der Waals surface area contributed by atoms with E-state index in [1.165, 1.54) is 0 Å². The average molecular weight is 498 g/mol. The fourth-order valence-corrected chi connectivity index (χ4v) is 3.58. The van der Waals surface area contributed by atoms with Gasteiger partial charge in [0.05, 0.1) is 28.3 Å². The number of carbonyl (C=O) groups is 1. The van der Waals surface area contributed by atoms with Crippen LogP contribution in [0.4, 0.5) is 33.7 Å². The van der Waals surface area contributed by atoms with Gasteiger partial charge in [0.2, 0.25) is 5.88 Å². The standard InChI is InChI=1S/C26H22F4N4O2/c1-3-17-8-4-6-10-22(17)34-24(14-16(2)33-34)36-23-11-7-5-9-21(23)32-25(35)31-20-13-12-18(15-19(20)27)26(28,29)30/h4-15H,3H2,1-2H3,(H2,31,32,35). The number of amides is 2. The number of benzene rings is 3. The summed E-state index contributed by atoms with van der Waals surface area (Å²) in [7, 11) is 0. The van der Waals surface area contributed by atoms with E-state index in [0.717, 1.165) is 29.4 Å². The van der Waals surface area contributed by atoms with Gasteiger partial charge in [0, 0.05) is 6.07 Å². The van der Waals surface area contributed by atoms with Gasteiger partial charge in [-0.15, -0.1) is 0 Å². The summed E-state index contributed by atoms with van der Waals surface area (Å²) in [6, 6.07) is 17.1. The number of rotatable bonds is 6. The minimum atomic E-state index is -4.69. The van der Waals surface area contributed by atoms with E-state index in [9.17, 15) is 22.4 Å². The van der Waals surface area contributed by atoms with Crippen LogP contribution < -0.4 is 15.4 Å². The molecule has 2 amide bonds. The summed E-state index contributed by atoms with van der Waals surface area (Å²) in [5, 5.41) is 9.30. The molecule has 0 radical (unpaired) electrons. The minimum absolute atomic E-state index is 0.261. The molecule has 10 heteroatoms. The average Bonchev–Trinajstić information content (AvgIpc) is 3.20. The molecule has 2 N–H and O–H groups in total. The molecule has 0 saturated heterocycles. The molecule has 1 heterocycles. The van der Waals surface area contributed by atoms with E-state index in [-0.39, 0.29) is 11.4 Å². The number of urea groups is 1. The van der Waals surface area contributed by atoms with Crippen molar-refractivity contribution in [2.45, 2.75) is 26.4 Å². The predicted octanol–water partition coefficient (Wildman–Crippen LogP) is 7.34. The first kappa shape index (κ1) is 24.8. The van der Waals surface area contributed by atoms with Crippen LogP contribution in [0.15, 0.2) is 72.8 Å². The zero-order valence-corrected chi connectivity index (χ0v) is 19.4. The first-order valence-corrected chi connectivity index (χ1v) is 11.0. The number of nitrogens with one attached hydrogen (secondary N) is 2. The van der Waals surface area contributed by atoms with Gasteiger partial charge < -0.3 is 15.4 Å². The number of aromatic nitrogens is 2. The molecule has 0 bridgehead atoms. The first-order valence-electron chi connectivity index (χ1n) is 11.0. The van der Waals surface area contributed by atoms with Crippen molar-refractivity contribution in [2.75, 3.05) is 10.6 Å². The van der Waals surface area contributed by atoms with Gasteiger partial charge in [0.1, 0.15) is 5.82 Å². The van der Waals surface area contributed by atoms with E-state index in [4.69, 9.17) is 4.74 Å². The molecule has 1 aromatic heterocycles. The number of ether oxygens (including phenoxy) is 1. The summed E-state index contributed by atoms with van der Waals surface area (Å²) in [6.07, 6.45) is -3.91. The van der Waals surface area contributed by atoms with Crippen molar-refractivity contribution < 1.29 is 27.1 Å². The Morgan fingerprint density at radius 3 is 2.39 bits per heavy atom. The number of para-hydroxylation sites is 3. The maximum absolute atomic E-state index is 14.1. The Morgan fingerprint density at radius 1 is 0.972 bits per heavy atom. The Labute approximate surface area is 204 Å². The van der Waals surface area contributed by atoms with Crippen LogP contribution in [0.2, 0.25) is 0 Å². The quantitative estimate of drug-likeness (QED) is 0.273. The third-order valence-electron chi connectivity index (χ3n) is 5.29. The van der Waals surface area contributed by atoms with Gasteiger partial charge in [0.25, 0.3) is 0 Å². The van der Waals surface area contributed by atoms with E-state index in [1.54, 1.807) is 35.0 Å². The molecule has 0 atom stereocenters. The van der Waals surface area contributed by atoms with E-state index >= 15 is 0 Å². The van der Waals surface area contributed by atoms with Gasteiger partial charge in [-0.2, -0.15) is 18.3 Å². The highest BCUT2D eigenvalue weighted by Gasteiger charge is 2.31. The molecule has 0 fully saturated rings. The molecule has 4 rings (SSSR count). The summed E-state index contributed by atoms with van der Waals surface area (Å²) < 4.78 is 60.2. The van der Waals surface area contributed by atoms with Crippen molar-refractivity contribution >= 4 is 17.4 Å². The van der Waals surface area contributed by atoms with Gasteiger partial charge >= 0.3 is 12.2 Å². The van der Waals surface area contributed by atoms with Gasteiger partial charge in [-0.05, 0) is 55.3 Å². The van der Waals surface area contributed by atoms with Crippen LogP contribution in [-0.4, -0.2) is 15.8 Å². The number of hydrogen-bond donors (Lipinski definition) is 2. The van der Waals surface area contributed by atoms with Crippen molar-refractivity contribution in [2.24, 2.45) is 0 Å². The Balaban J connectivity index is 1.55. The molecule has 186 valence electrons. The van der Waals surface area contributed by atoms with Gasteiger partial charge in [-0.25, -0.2) is 13.9 Å². The maximum atomic E-state index is 14.1. The molecular formula is C26H22F4N4O2. The normalized spacial score (nSPS) is 11.3. The van der Waals surface area contributed by atoms with Crippen molar-refractivity contribution in [3.63, 3.8) is 0 Å². The maximum Gasteiger partial charge on any atom is 0.416 e. The lowest BCUT2D eigenvalue weighted by Crippen LogP contribution is -2.20. The zero-order valence-electron chi connectivity index (χ0n) is 19.4. The Bertz CT molecular complexity index is 1400. The second-order valence-electron chi connectivity index (χ2n) is 7.89. The molecule has 0 aliphatic heterocycles. The number of nitrogens with zero attached hydrogens (tertiary/aromatic N) is 2. The van der Waals surface area contributed by atoms with E-state index in [2.05, 4.69) is 15.7 Å². The largest absolute Gasteiger partial charge is 0.437 e. The van der Waals surface area contributed by atoms with Crippen molar-refractivity contribution in [3.8, 4) is 17.3 Å². The molecule has 0 aliphatic carbocycles. The Morgan fingerprint density at radius 2 is 1.67 bits per heavy atom. The predicted molar refractivity (Wildman–Crippen MR) is 128 cm³/mol. The lowest BCUT2D eigenvalue weighted by molar-refractivity contribution is -0.137. The summed E-state index contributed by atoms with van der Waals surface area (Å²) in [6.45, 7) is 3.86. The van der Waals surface area contributed by atoms with Crippen molar-refractivity contribution in [3.05, 3.63) is 95.4 Å². The van der Waals surface area contributed by atoms with Crippen LogP contribution in [0.3, 0.4) is 0 Å². The molecule has 0 aliphatic rings. The second kappa shape index (κ2) is 10.1. The summed E-state index contributed by atoms with van der Waals surface area (Å²) in [4.78, 5) is 12.5. The third kappa shape index (κ3) is 5.48. The van der Waals surface area contributed by atoms with Crippen molar-refractivity contribution in [1.29, 1.82) is 0 Å². The highest BCUT2D eigenvalue weighted by Crippen LogP contribution is 2.33. The molecule has 0 saturated carbocycles. The molecule has 4 aromatic rings. The monoisotopic (exact) mass is 498 g/mol. The third-order valence-corrected chi connectivity index (χ3v) is 5.29. The SMILES string of the molecule is CCc1ccccc1-n1nc(C)cc1Oc1ccccc1NC(=O)Nc1ccc(C(F)(F)F)cc1F. The van der Waals surface area contributed by atoms with Gasteiger partial charge in [-0.3, -0.25) is 0 Å². The van der Waals surface area contributed by atoms with Crippen LogP contribution in [0.25, 0.3) is 5.69 Å². The molecule has 3 aromatic carbocycles. The highest BCUT2D eigenvalue weighted by molar-refractivity contribution is 6.00. The lowest BCUT2D eigenvalue weighted by Gasteiger charge is -2.15. The zero-order chi connectivity index (χ0) is 25.9. The van der Waals surface area contributed by atoms with E-state index < -0.39 is 29.3 Å². The van der Waals surface area contributed by atoms with Crippen LogP contribution in [0.5, 0.6) is 11.6 Å². The van der Waals surface area contributed by atoms with Crippen LogP contribution in [0.1, 0.15) is 23.7 Å². The number of alkyl halides is 3. The van der Waals surface area contributed by atoms with Crippen LogP contribution in [-0.2, 0) is 12.6 Å². The molecular weight excluding hydrogens is 476 g/mol. The second-order valence-corrected chi connectivity index (χ2v) is 7.89. The number of carbonyl (C=O) groups excluding carboxylic acids is 1. The summed E-state index contributed by atoms with van der Waals surface area (Å²) >= 11 is 0. The highest BCUT2D eigenvalue weighted by atomic mass is 19.4. The summed E-state index contributed by atoms with van der Waals surface area (Å²) in [5.74, 6) is -0.508. The number of hydrogen-bond acceptors (Lipinski definition) is 3. The molecule has 0 unspecified atom stereocenters. The number of aryl methyl sites for hydroxylation is 2. The molecule has 6 nitrogen and oxygen atoms in total. The topological polar surface area (TPSA) is 68.2 Å². The minimum Gasteiger partial charge on any atom is -0.437 e. The Kier molecular flexibility index (Phi) is 6.96. The van der Waals surface area contributed by atoms with Gasteiger partial charge in [0.15, 0.2) is 5.75 Å². The fourth-order valence-electron chi connectivity index (χ4n) is 3.58. The van der Waals surface area contributed by atoms with Crippen LogP contribution >= 0.6 is 0 Å².